The van der Waals surface area contributed by atoms with Gasteiger partial charge in [-0.3, -0.25) is 9.48 Å². The maximum Gasteiger partial charge on any atom is 0.276 e. The van der Waals surface area contributed by atoms with E-state index in [9.17, 15) is 4.79 Å². The van der Waals surface area contributed by atoms with E-state index in [4.69, 9.17) is 4.42 Å². The summed E-state index contributed by atoms with van der Waals surface area (Å²) in [4.78, 5) is 16.8. The molecular weight excluding hydrogens is 330 g/mol. The Morgan fingerprint density at radius 1 is 1.38 bits per heavy atom. The number of oxazole rings is 1. The van der Waals surface area contributed by atoms with Crippen molar-refractivity contribution in [1.29, 1.82) is 0 Å². The second kappa shape index (κ2) is 7.13. The third kappa shape index (κ3) is 3.52. The molecule has 0 bridgehead atoms. The fourth-order valence-corrected chi connectivity index (χ4v) is 3.13. The highest BCUT2D eigenvalue weighted by molar-refractivity contribution is 6.03. The molecular formula is C19H21N5O2. The summed E-state index contributed by atoms with van der Waals surface area (Å²) in [5.41, 5.74) is 2.72. The Bertz CT molecular complexity index is 908. The molecule has 0 radical (unpaired) electrons. The fraction of sp³-hybridized carbons (Fsp3) is 0.316. The van der Waals surface area contributed by atoms with Crippen LogP contribution in [-0.4, -0.2) is 33.8 Å². The monoisotopic (exact) mass is 351 g/mol. The van der Waals surface area contributed by atoms with Gasteiger partial charge < -0.3 is 15.1 Å². The van der Waals surface area contributed by atoms with Crippen molar-refractivity contribution in [2.24, 2.45) is 0 Å². The van der Waals surface area contributed by atoms with Crippen molar-refractivity contribution in [2.45, 2.75) is 25.8 Å². The van der Waals surface area contributed by atoms with E-state index in [0.717, 1.165) is 37.2 Å². The summed E-state index contributed by atoms with van der Waals surface area (Å²) < 4.78 is 7.30. The minimum Gasteiger partial charge on any atom is -0.444 e. The van der Waals surface area contributed by atoms with Crippen molar-refractivity contribution >= 4 is 11.6 Å². The minimum atomic E-state index is -0.228. The van der Waals surface area contributed by atoms with Gasteiger partial charge in [0.1, 0.15) is 6.26 Å². The van der Waals surface area contributed by atoms with Gasteiger partial charge in [-0.1, -0.05) is 6.07 Å². The molecule has 4 rings (SSSR count). The van der Waals surface area contributed by atoms with Gasteiger partial charge in [0.2, 0.25) is 5.89 Å². The van der Waals surface area contributed by atoms with E-state index in [2.05, 4.69) is 20.7 Å². The lowest BCUT2D eigenvalue weighted by atomic mass is 10.1. The van der Waals surface area contributed by atoms with Crippen molar-refractivity contribution < 1.29 is 9.21 Å². The molecule has 7 heteroatoms. The van der Waals surface area contributed by atoms with Crippen molar-refractivity contribution in [3.05, 3.63) is 54.2 Å². The van der Waals surface area contributed by atoms with E-state index < -0.39 is 0 Å². The second-order valence-corrected chi connectivity index (χ2v) is 6.51. The van der Waals surface area contributed by atoms with Crippen LogP contribution in [0.5, 0.6) is 0 Å². The SMILES string of the molecule is Cc1coc(-c2cccc(NC(=O)c3ccn(C4CCCNC4)n3)c2)n1. The number of nitrogens with zero attached hydrogens (tertiary/aromatic N) is 3. The first-order valence-electron chi connectivity index (χ1n) is 8.79. The van der Waals surface area contributed by atoms with Crippen molar-refractivity contribution in [3.8, 4) is 11.5 Å². The van der Waals surface area contributed by atoms with Gasteiger partial charge in [-0.05, 0) is 50.6 Å². The first kappa shape index (κ1) is 16.5. The first-order chi connectivity index (χ1) is 12.7. The predicted octanol–water partition coefficient (Wildman–Crippen LogP) is 3.02. The van der Waals surface area contributed by atoms with Gasteiger partial charge in [0.05, 0.1) is 11.7 Å². The number of aromatic nitrogens is 3. The van der Waals surface area contributed by atoms with E-state index in [1.165, 1.54) is 0 Å². The number of anilines is 1. The van der Waals surface area contributed by atoms with Crippen LogP contribution in [0.15, 0.2) is 47.2 Å². The highest BCUT2D eigenvalue weighted by Crippen LogP contribution is 2.22. The Morgan fingerprint density at radius 3 is 3.08 bits per heavy atom. The standard InChI is InChI=1S/C19H21N5O2/c1-13-12-26-19(21-13)14-4-2-5-15(10-14)22-18(25)17-7-9-24(23-17)16-6-3-8-20-11-16/h2,4-5,7,9-10,12,16,20H,3,6,8,11H2,1H3,(H,22,25). The molecule has 3 heterocycles. The van der Waals surface area contributed by atoms with Gasteiger partial charge in [0.15, 0.2) is 5.69 Å². The lowest BCUT2D eigenvalue weighted by Gasteiger charge is -2.22. The molecule has 1 aliphatic rings. The zero-order valence-corrected chi connectivity index (χ0v) is 14.6. The smallest absolute Gasteiger partial charge is 0.276 e. The maximum absolute atomic E-state index is 12.5. The Kier molecular flexibility index (Phi) is 4.53. The number of aryl methyl sites for hydroxylation is 1. The van der Waals surface area contributed by atoms with E-state index in [-0.39, 0.29) is 5.91 Å². The first-order valence-corrected chi connectivity index (χ1v) is 8.79. The molecule has 2 aromatic heterocycles. The molecule has 1 saturated heterocycles. The van der Waals surface area contributed by atoms with Crippen LogP contribution in [0.25, 0.3) is 11.5 Å². The number of carbonyl (C=O) groups is 1. The highest BCUT2D eigenvalue weighted by Gasteiger charge is 2.18. The third-order valence-corrected chi connectivity index (χ3v) is 4.47. The zero-order valence-electron chi connectivity index (χ0n) is 14.6. The van der Waals surface area contributed by atoms with Gasteiger partial charge in [0.25, 0.3) is 5.91 Å². The maximum atomic E-state index is 12.5. The van der Waals surface area contributed by atoms with Crippen molar-refractivity contribution in [3.63, 3.8) is 0 Å². The summed E-state index contributed by atoms with van der Waals surface area (Å²) in [5.74, 6) is 0.306. The summed E-state index contributed by atoms with van der Waals surface area (Å²) in [6, 6.07) is 9.49. The molecule has 0 spiro atoms. The number of amides is 1. The Morgan fingerprint density at radius 2 is 2.31 bits per heavy atom. The van der Waals surface area contributed by atoms with E-state index >= 15 is 0 Å². The van der Waals surface area contributed by atoms with Crippen LogP contribution >= 0.6 is 0 Å². The van der Waals surface area contributed by atoms with Crippen LogP contribution < -0.4 is 10.6 Å². The summed E-state index contributed by atoms with van der Waals surface area (Å²) in [5, 5.41) is 10.7. The second-order valence-electron chi connectivity index (χ2n) is 6.51. The largest absolute Gasteiger partial charge is 0.444 e. The molecule has 1 atom stereocenters. The minimum absolute atomic E-state index is 0.228. The van der Waals surface area contributed by atoms with Gasteiger partial charge in [0, 0.05) is 24.0 Å². The predicted molar refractivity (Wildman–Crippen MR) is 98.0 cm³/mol. The van der Waals surface area contributed by atoms with Gasteiger partial charge in [-0.15, -0.1) is 0 Å². The number of nitrogens with one attached hydrogen (secondary N) is 2. The number of hydrogen-bond donors (Lipinski definition) is 2. The highest BCUT2D eigenvalue weighted by atomic mass is 16.3. The molecule has 1 amide bonds. The molecule has 1 fully saturated rings. The van der Waals surface area contributed by atoms with Crippen LogP contribution in [0.2, 0.25) is 0 Å². The number of piperidine rings is 1. The lowest BCUT2D eigenvalue weighted by Crippen LogP contribution is -2.32. The molecule has 134 valence electrons. The summed E-state index contributed by atoms with van der Waals surface area (Å²) in [6.07, 6.45) is 5.68. The van der Waals surface area contributed by atoms with Crippen LogP contribution in [0, 0.1) is 6.92 Å². The topological polar surface area (TPSA) is 85.0 Å². The summed E-state index contributed by atoms with van der Waals surface area (Å²) in [7, 11) is 0. The molecule has 1 unspecified atom stereocenters. The number of hydrogen-bond acceptors (Lipinski definition) is 5. The van der Waals surface area contributed by atoms with E-state index in [1.807, 2.05) is 42.1 Å². The van der Waals surface area contributed by atoms with Crippen LogP contribution in [0.3, 0.4) is 0 Å². The van der Waals surface area contributed by atoms with Crippen LogP contribution in [0.4, 0.5) is 5.69 Å². The van der Waals surface area contributed by atoms with Crippen molar-refractivity contribution in [1.82, 2.24) is 20.1 Å². The van der Waals surface area contributed by atoms with Crippen molar-refractivity contribution in [2.75, 3.05) is 18.4 Å². The summed E-state index contributed by atoms with van der Waals surface area (Å²) >= 11 is 0. The molecule has 26 heavy (non-hydrogen) atoms. The molecule has 2 N–H and O–H groups in total. The van der Waals surface area contributed by atoms with E-state index in [0.29, 0.717) is 23.3 Å². The molecule has 0 aliphatic carbocycles. The molecule has 3 aromatic rings. The molecule has 1 aliphatic heterocycles. The number of rotatable bonds is 4. The average Bonchev–Trinajstić information content (AvgIpc) is 3.32. The Hall–Kier alpha value is -2.93. The molecule has 0 saturated carbocycles. The van der Waals surface area contributed by atoms with Crippen LogP contribution in [0.1, 0.15) is 35.1 Å². The fourth-order valence-electron chi connectivity index (χ4n) is 3.13. The Balaban J connectivity index is 1.47. The average molecular weight is 351 g/mol. The number of benzene rings is 1. The summed E-state index contributed by atoms with van der Waals surface area (Å²) in [6.45, 7) is 3.81. The third-order valence-electron chi connectivity index (χ3n) is 4.47. The lowest BCUT2D eigenvalue weighted by molar-refractivity contribution is 0.102. The zero-order chi connectivity index (χ0) is 17.9. The van der Waals surface area contributed by atoms with Crippen LogP contribution in [-0.2, 0) is 0 Å². The quantitative estimate of drug-likeness (QED) is 0.755. The molecule has 7 nitrogen and oxygen atoms in total. The van der Waals surface area contributed by atoms with Gasteiger partial charge in [-0.2, -0.15) is 5.10 Å². The van der Waals surface area contributed by atoms with E-state index in [1.54, 1.807) is 12.3 Å². The Labute approximate surface area is 151 Å². The number of carbonyl (C=O) groups excluding carboxylic acids is 1. The normalized spacial score (nSPS) is 17.2. The van der Waals surface area contributed by atoms with Gasteiger partial charge >= 0.3 is 0 Å². The van der Waals surface area contributed by atoms with Gasteiger partial charge in [-0.25, -0.2) is 4.98 Å². The molecule has 1 aromatic carbocycles.